The van der Waals surface area contributed by atoms with Crippen LogP contribution in [0.3, 0.4) is 0 Å². The molecule has 0 bridgehead atoms. The number of nitrogens with zero attached hydrogens (tertiary/aromatic N) is 2. The lowest BCUT2D eigenvalue weighted by molar-refractivity contribution is 0.0617. The van der Waals surface area contributed by atoms with E-state index in [1.165, 1.54) is 12.3 Å². The predicted octanol–water partition coefficient (Wildman–Crippen LogP) is 4.99. The first-order chi connectivity index (χ1) is 17.0. The van der Waals surface area contributed by atoms with Gasteiger partial charge in [-0.05, 0) is 32.4 Å². The first kappa shape index (κ1) is 25.8. The number of ether oxygens (including phenoxy) is 1. The van der Waals surface area contributed by atoms with Crippen molar-refractivity contribution in [3.63, 3.8) is 0 Å². The number of benzene rings is 1. The Labute approximate surface area is 212 Å². The van der Waals surface area contributed by atoms with Gasteiger partial charge in [0, 0.05) is 37.7 Å². The van der Waals surface area contributed by atoms with Crippen LogP contribution in [0.5, 0.6) is 5.75 Å². The van der Waals surface area contributed by atoms with E-state index in [0.29, 0.717) is 56.4 Å². The molecule has 0 aliphatic carbocycles. The fourth-order valence-corrected chi connectivity index (χ4v) is 4.50. The van der Waals surface area contributed by atoms with Crippen molar-refractivity contribution in [2.24, 2.45) is 0 Å². The first-order valence-corrected chi connectivity index (χ1v) is 12.4. The minimum Gasteiger partial charge on any atom is -0.482 e. The van der Waals surface area contributed by atoms with Crippen molar-refractivity contribution >= 4 is 5.91 Å². The van der Waals surface area contributed by atoms with Gasteiger partial charge in [0.2, 0.25) is 11.2 Å². The van der Waals surface area contributed by atoms with Gasteiger partial charge in [-0.25, -0.2) is 0 Å². The number of piperazine rings is 1. The van der Waals surface area contributed by atoms with Gasteiger partial charge in [-0.3, -0.25) is 14.5 Å². The molecule has 7 heteroatoms. The second-order valence-electron chi connectivity index (χ2n) is 10.8. The Morgan fingerprint density at radius 3 is 2.22 bits per heavy atom. The molecular formula is C29H36N2O5. The molecule has 192 valence electrons. The van der Waals surface area contributed by atoms with Crippen LogP contribution < -0.4 is 10.2 Å². The molecule has 3 heterocycles. The zero-order valence-electron chi connectivity index (χ0n) is 22.1. The van der Waals surface area contributed by atoms with Crippen LogP contribution >= 0.6 is 0 Å². The SMILES string of the molecule is Cc1cc(C)cc(COc2coc(CN3CCN(C(=O)c4cc(C(C)(C)C)oc4C)CC3)cc2=O)c1. The molecule has 1 saturated heterocycles. The summed E-state index contributed by atoms with van der Waals surface area (Å²) >= 11 is 0. The summed E-state index contributed by atoms with van der Waals surface area (Å²) in [5.41, 5.74) is 3.63. The lowest BCUT2D eigenvalue weighted by Crippen LogP contribution is -2.48. The highest BCUT2D eigenvalue weighted by Crippen LogP contribution is 2.28. The van der Waals surface area contributed by atoms with Gasteiger partial charge in [0.05, 0.1) is 12.1 Å². The van der Waals surface area contributed by atoms with Crippen LogP contribution in [0.4, 0.5) is 0 Å². The van der Waals surface area contributed by atoms with Gasteiger partial charge in [-0.15, -0.1) is 0 Å². The van der Waals surface area contributed by atoms with E-state index in [9.17, 15) is 9.59 Å². The summed E-state index contributed by atoms with van der Waals surface area (Å²) in [6, 6.07) is 9.57. The van der Waals surface area contributed by atoms with Gasteiger partial charge in [-0.1, -0.05) is 50.1 Å². The van der Waals surface area contributed by atoms with E-state index in [2.05, 4.69) is 31.7 Å². The Bertz CT molecular complexity index is 1270. The molecule has 0 unspecified atom stereocenters. The number of aryl methyl sites for hydroxylation is 3. The van der Waals surface area contributed by atoms with Gasteiger partial charge < -0.3 is 18.5 Å². The molecule has 0 spiro atoms. The summed E-state index contributed by atoms with van der Waals surface area (Å²) in [5.74, 6) is 2.27. The zero-order valence-corrected chi connectivity index (χ0v) is 22.1. The lowest BCUT2D eigenvalue weighted by Gasteiger charge is -2.34. The highest BCUT2D eigenvalue weighted by molar-refractivity contribution is 5.95. The van der Waals surface area contributed by atoms with Crippen LogP contribution in [-0.2, 0) is 18.6 Å². The van der Waals surface area contributed by atoms with E-state index in [4.69, 9.17) is 13.6 Å². The highest BCUT2D eigenvalue weighted by Gasteiger charge is 2.28. The number of hydrogen-bond donors (Lipinski definition) is 0. The first-order valence-electron chi connectivity index (χ1n) is 12.4. The van der Waals surface area contributed by atoms with Gasteiger partial charge in [0.15, 0.2) is 0 Å². The van der Waals surface area contributed by atoms with Gasteiger partial charge in [0.25, 0.3) is 5.91 Å². The molecule has 2 aromatic heterocycles. The normalized spacial score (nSPS) is 14.8. The van der Waals surface area contributed by atoms with Crippen LogP contribution in [0, 0.1) is 20.8 Å². The third-order valence-corrected chi connectivity index (χ3v) is 6.45. The summed E-state index contributed by atoms with van der Waals surface area (Å²) in [7, 11) is 0. The number of amides is 1. The molecule has 3 aromatic rings. The van der Waals surface area contributed by atoms with Crippen molar-refractivity contribution in [2.45, 2.75) is 60.1 Å². The fraction of sp³-hybridized carbons (Fsp3) is 0.448. The maximum atomic E-state index is 13.1. The zero-order chi connectivity index (χ0) is 26.0. The Morgan fingerprint density at radius 2 is 1.64 bits per heavy atom. The summed E-state index contributed by atoms with van der Waals surface area (Å²) in [6.45, 7) is 15.6. The van der Waals surface area contributed by atoms with Crippen molar-refractivity contribution in [3.05, 3.63) is 86.4 Å². The smallest absolute Gasteiger partial charge is 0.257 e. The monoisotopic (exact) mass is 492 g/mol. The Balaban J connectivity index is 1.31. The van der Waals surface area contributed by atoms with Crippen molar-refractivity contribution in [2.75, 3.05) is 26.2 Å². The average molecular weight is 493 g/mol. The molecule has 1 fully saturated rings. The molecule has 4 rings (SSSR count). The van der Waals surface area contributed by atoms with Crippen LogP contribution in [0.15, 0.2) is 50.2 Å². The summed E-state index contributed by atoms with van der Waals surface area (Å²) < 4.78 is 17.3. The van der Waals surface area contributed by atoms with Crippen LogP contribution in [0.1, 0.15) is 65.1 Å². The van der Waals surface area contributed by atoms with Gasteiger partial charge in [-0.2, -0.15) is 0 Å². The molecule has 0 N–H and O–H groups in total. The number of furan rings is 1. The fourth-order valence-electron chi connectivity index (χ4n) is 4.50. The maximum absolute atomic E-state index is 13.1. The van der Waals surface area contributed by atoms with Crippen molar-refractivity contribution in [3.8, 4) is 5.75 Å². The average Bonchev–Trinajstić information content (AvgIpc) is 3.20. The van der Waals surface area contributed by atoms with Gasteiger partial charge >= 0.3 is 0 Å². The molecule has 1 aliphatic rings. The lowest BCUT2D eigenvalue weighted by atomic mass is 9.93. The predicted molar refractivity (Wildman–Crippen MR) is 139 cm³/mol. The van der Waals surface area contributed by atoms with Crippen molar-refractivity contribution in [1.29, 1.82) is 0 Å². The van der Waals surface area contributed by atoms with E-state index in [0.717, 1.165) is 22.5 Å². The van der Waals surface area contributed by atoms with E-state index in [1.807, 2.05) is 43.9 Å². The van der Waals surface area contributed by atoms with E-state index < -0.39 is 0 Å². The standard InChI is InChI=1S/C29H36N2O5/c1-19-11-20(2)13-22(12-19)17-35-26-18-34-23(14-25(26)32)16-30-7-9-31(10-8-30)28(33)24-15-27(29(4,5)6)36-21(24)3/h11-15,18H,7-10,16-17H2,1-6H3. The minimum atomic E-state index is -0.195. The van der Waals surface area contributed by atoms with E-state index >= 15 is 0 Å². The molecule has 0 radical (unpaired) electrons. The topological polar surface area (TPSA) is 76.1 Å². The molecule has 7 nitrogen and oxygen atoms in total. The highest BCUT2D eigenvalue weighted by atomic mass is 16.5. The second kappa shape index (κ2) is 10.3. The maximum Gasteiger partial charge on any atom is 0.257 e. The molecule has 1 aromatic carbocycles. The number of hydrogen-bond acceptors (Lipinski definition) is 6. The number of carbonyl (C=O) groups is 1. The quantitative estimate of drug-likeness (QED) is 0.482. The molecular weight excluding hydrogens is 456 g/mol. The summed E-state index contributed by atoms with van der Waals surface area (Å²) in [6.07, 6.45) is 1.40. The second-order valence-corrected chi connectivity index (χ2v) is 10.8. The Kier molecular flexibility index (Phi) is 7.41. The van der Waals surface area contributed by atoms with E-state index in [1.54, 1.807) is 0 Å². The summed E-state index contributed by atoms with van der Waals surface area (Å²) in [4.78, 5) is 29.7. The summed E-state index contributed by atoms with van der Waals surface area (Å²) in [5, 5.41) is 0. The van der Waals surface area contributed by atoms with Crippen molar-refractivity contribution in [1.82, 2.24) is 9.80 Å². The van der Waals surface area contributed by atoms with Crippen LogP contribution in [0.25, 0.3) is 0 Å². The third kappa shape index (κ3) is 6.08. The van der Waals surface area contributed by atoms with E-state index in [-0.39, 0.29) is 22.5 Å². The number of carbonyl (C=O) groups excluding carboxylic acids is 1. The molecule has 1 aliphatic heterocycles. The largest absolute Gasteiger partial charge is 0.482 e. The Morgan fingerprint density at radius 1 is 0.972 bits per heavy atom. The molecule has 0 atom stereocenters. The van der Waals surface area contributed by atoms with Crippen LogP contribution in [-0.4, -0.2) is 41.9 Å². The molecule has 1 amide bonds. The third-order valence-electron chi connectivity index (χ3n) is 6.45. The van der Waals surface area contributed by atoms with Crippen LogP contribution in [0.2, 0.25) is 0 Å². The Hall–Kier alpha value is -3.32. The molecule has 36 heavy (non-hydrogen) atoms. The minimum absolute atomic E-state index is 0.00300. The number of rotatable bonds is 6. The van der Waals surface area contributed by atoms with Gasteiger partial charge in [0.1, 0.15) is 30.2 Å². The van der Waals surface area contributed by atoms with Crippen molar-refractivity contribution < 1.29 is 18.4 Å². The molecule has 0 saturated carbocycles.